The molecule has 3 aromatic heterocycles. The van der Waals surface area contributed by atoms with Gasteiger partial charge in [-0.15, -0.1) is 0 Å². The highest BCUT2D eigenvalue weighted by Gasteiger charge is 2.23. The molecular formula is C26H19FN4O5. The lowest BCUT2D eigenvalue weighted by molar-refractivity contribution is 0.0475. The largest absolute Gasteiger partial charge is 0.465 e. The summed E-state index contributed by atoms with van der Waals surface area (Å²) in [5, 5.41) is 4.79. The fourth-order valence-electron chi connectivity index (χ4n) is 3.86. The van der Waals surface area contributed by atoms with Crippen molar-refractivity contribution in [1.82, 2.24) is 19.3 Å². The highest BCUT2D eigenvalue weighted by molar-refractivity contribution is 6.10. The lowest BCUT2D eigenvalue weighted by Crippen LogP contribution is -2.16. The van der Waals surface area contributed by atoms with E-state index in [-0.39, 0.29) is 11.1 Å². The van der Waals surface area contributed by atoms with Gasteiger partial charge in [-0.1, -0.05) is 0 Å². The van der Waals surface area contributed by atoms with Crippen molar-refractivity contribution in [2.75, 3.05) is 13.7 Å². The Morgan fingerprint density at radius 3 is 2.47 bits per heavy atom. The van der Waals surface area contributed by atoms with Gasteiger partial charge in [-0.3, -0.25) is 4.79 Å². The van der Waals surface area contributed by atoms with E-state index in [0.29, 0.717) is 28.0 Å². The third-order valence-electron chi connectivity index (χ3n) is 5.62. The number of hydrogen-bond acceptors (Lipinski definition) is 6. The van der Waals surface area contributed by atoms with Crippen LogP contribution in [0.5, 0.6) is 0 Å². The summed E-state index contributed by atoms with van der Waals surface area (Å²) in [5.41, 5.74) is 1.87. The Morgan fingerprint density at radius 1 is 1.00 bits per heavy atom. The van der Waals surface area contributed by atoms with E-state index in [1.54, 1.807) is 47.3 Å². The van der Waals surface area contributed by atoms with Crippen LogP contribution < -0.4 is 0 Å². The van der Waals surface area contributed by atoms with Crippen molar-refractivity contribution in [3.63, 3.8) is 0 Å². The Kier molecular flexibility index (Phi) is 5.91. The van der Waals surface area contributed by atoms with Crippen molar-refractivity contribution >= 4 is 28.6 Å². The van der Waals surface area contributed by atoms with E-state index in [1.165, 1.54) is 48.5 Å². The van der Waals surface area contributed by atoms with Crippen molar-refractivity contribution < 1.29 is 28.2 Å². The standard InChI is InChI=1S/C26H19FN4O5/c1-35-25(33)16-4-9-22-19(12-16)20(13-28-22)23(32)15-36-26(34)21-14-29-31(18-7-5-17(27)6-8-18)24(21)30-10-2-3-11-30/h2-14,28H,15H2,1H3. The normalized spacial score (nSPS) is 10.9. The summed E-state index contributed by atoms with van der Waals surface area (Å²) < 4.78 is 26.6. The number of benzene rings is 2. The zero-order valence-corrected chi connectivity index (χ0v) is 19.0. The number of carbonyl (C=O) groups excluding carboxylic acids is 3. The van der Waals surface area contributed by atoms with Gasteiger partial charge in [0.15, 0.2) is 12.4 Å². The molecule has 0 bridgehead atoms. The number of aromatic amines is 1. The Bertz CT molecular complexity index is 1580. The van der Waals surface area contributed by atoms with Crippen molar-refractivity contribution in [2.45, 2.75) is 0 Å². The minimum atomic E-state index is -0.754. The second-order valence-corrected chi connectivity index (χ2v) is 7.81. The number of Topliss-reactive ketones (excluding diaryl/α,β-unsaturated/α-hetero) is 1. The van der Waals surface area contributed by atoms with Crippen LogP contribution >= 0.6 is 0 Å². The van der Waals surface area contributed by atoms with Crippen molar-refractivity contribution in [3.05, 3.63) is 102 Å². The number of nitrogens with one attached hydrogen (secondary N) is 1. The first kappa shape index (κ1) is 22.8. The maximum atomic E-state index is 13.4. The number of H-pyrrole nitrogens is 1. The summed E-state index contributed by atoms with van der Waals surface area (Å²) in [5.74, 6) is -1.76. The van der Waals surface area contributed by atoms with E-state index in [2.05, 4.69) is 10.1 Å². The predicted octanol–water partition coefficient (Wildman–Crippen LogP) is 4.11. The Morgan fingerprint density at radius 2 is 1.75 bits per heavy atom. The molecule has 3 heterocycles. The summed E-state index contributed by atoms with van der Waals surface area (Å²) in [6, 6.07) is 14.0. The Balaban J connectivity index is 1.40. The first-order valence-electron chi connectivity index (χ1n) is 10.8. The fraction of sp³-hybridized carbons (Fsp3) is 0.0769. The van der Waals surface area contributed by atoms with E-state index < -0.39 is 30.1 Å². The van der Waals surface area contributed by atoms with Gasteiger partial charge in [0.1, 0.15) is 11.4 Å². The summed E-state index contributed by atoms with van der Waals surface area (Å²) in [7, 11) is 1.27. The molecule has 9 nitrogen and oxygen atoms in total. The maximum Gasteiger partial charge on any atom is 0.344 e. The van der Waals surface area contributed by atoms with Crippen LogP contribution in [0.3, 0.4) is 0 Å². The highest BCUT2D eigenvalue weighted by Crippen LogP contribution is 2.23. The van der Waals surface area contributed by atoms with Gasteiger partial charge < -0.3 is 19.0 Å². The monoisotopic (exact) mass is 486 g/mol. The lowest BCUT2D eigenvalue weighted by atomic mass is 10.1. The first-order chi connectivity index (χ1) is 17.5. The molecule has 0 aliphatic carbocycles. The smallest absolute Gasteiger partial charge is 0.344 e. The molecule has 36 heavy (non-hydrogen) atoms. The molecule has 0 atom stereocenters. The van der Waals surface area contributed by atoms with Gasteiger partial charge >= 0.3 is 11.9 Å². The summed E-state index contributed by atoms with van der Waals surface area (Å²) in [6.07, 6.45) is 6.28. The zero-order chi connectivity index (χ0) is 25.2. The van der Waals surface area contributed by atoms with Crippen LogP contribution in [0.25, 0.3) is 22.4 Å². The topological polar surface area (TPSA) is 108 Å². The number of fused-ring (bicyclic) bond motifs is 1. The minimum Gasteiger partial charge on any atom is -0.465 e. The number of halogens is 1. The van der Waals surface area contributed by atoms with E-state index in [4.69, 9.17) is 9.47 Å². The van der Waals surface area contributed by atoms with Crippen LogP contribution in [-0.4, -0.2) is 50.8 Å². The summed E-state index contributed by atoms with van der Waals surface area (Å²) in [6.45, 7) is -0.527. The van der Waals surface area contributed by atoms with E-state index in [0.717, 1.165) is 0 Å². The number of nitrogens with zero attached hydrogens (tertiary/aromatic N) is 3. The minimum absolute atomic E-state index is 0.121. The number of ether oxygens (including phenoxy) is 2. The van der Waals surface area contributed by atoms with Gasteiger partial charge in [0.25, 0.3) is 0 Å². The number of hydrogen-bond donors (Lipinski definition) is 1. The van der Waals surface area contributed by atoms with Crippen LogP contribution in [0.4, 0.5) is 4.39 Å². The molecule has 1 N–H and O–H groups in total. The average molecular weight is 486 g/mol. The molecule has 0 spiro atoms. The average Bonchev–Trinajstić information content (AvgIpc) is 3.66. The Hall–Kier alpha value is -4.99. The zero-order valence-electron chi connectivity index (χ0n) is 19.0. The predicted molar refractivity (Wildman–Crippen MR) is 127 cm³/mol. The third kappa shape index (κ3) is 4.16. The van der Waals surface area contributed by atoms with Gasteiger partial charge in [0.05, 0.1) is 24.6 Å². The molecular weight excluding hydrogens is 467 g/mol. The van der Waals surface area contributed by atoms with Crippen molar-refractivity contribution in [1.29, 1.82) is 0 Å². The third-order valence-corrected chi connectivity index (χ3v) is 5.62. The number of ketones is 1. The summed E-state index contributed by atoms with van der Waals surface area (Å²) in [4.78, 5) is 40.7. The molecule has 2 aromatic carbocycles. The molecule has 0 amide bonds. The van der Waals surface area contributed by atoms with E-state index in [1.807, 2.05) is 0 Å². The molecule has 0 saturated heterocycles. The van der Waals surface area contributed by atoms with Crippen molar-refractivity contribution in [2.24, 2.45) is 0 Å². The van der Waals surface area contributed by atoms with Gasteiger partial charge in [-0.25, -0.2) is 18.7 Å². The molecule has 0 fully saturated rings. The molecule has 5 rings (SSSR count). The van der Waals surface area contributed by atoms with Gasteiger partial charge in [0, 0.05) is 35.1 Å². The van der Waals surface area contributed by atoms with E-state index >= 15 is 0 Å². The van der Waals surface area contributed by atoms with Gasteiger partial charge in [-0.05, 0) is 54.6 Å². The van der Waals surface area contributed by atoms with Crippen LogP contribution in [0.15, 0.2) is 79.4 Å². The number of aromatic nitrogens is 4. The first-order valence-corrected chi connectivity index (χ1v) is 10.8. The number of rotatable bonds is 7. The number of esters is 2. The molecule has 10 heteroatoms. The van der Waals surface area contributed by atoms with Gasteiger partial charge in [-0.2, -0.15) is 5.10 Å². The van der Waals surface area contributed by atoms with Crippen molar-refractivity contribution in [3.8, 4) is 11.5 Å². The molecule has 0 saturated carbocycles. The van der Waals surface area contributed by atoms with Crippen LogP contribution in [0.2, 0.25) is 0 Å². The van der Waals surface area contributed by atoms with E-state index in [9.17, 15) is 18.8 Å². The molecule has 0 aliphatic rings. The second kappa shape index (κ2) is 9.34. The maximum absolute atomic E-state index is 13.4. The SMILES string of the molecule is COC(=O)c1ccc2[nH]cc(C(=O)COC(=O)c3cnn(-c4ccc(F)cc4)c3-n3cccc3)c2c1. The fourth-order valence-corrected chi connectivity index (χ4v) is 3.86. The summed E-state index contributed by atoms with van der Waals surface area (Å²) >= 11 is 0. The number of carbonyl (C=O) groups is 3. The van der Waals surface area contributed by atoms with Crippen LogP contribution in [-0.2, 0) is 9.47 Å². The molecule has 0 radical (unpaired) electrons. The van der Waals surface area contributed by atoms with Crippen LogP contribution in [0, 0.1) is 5.82 Å². The second-order valence-electron chi connectivity index (χ2n) is 7.81. The lowest BCUT2D eigenvalue weighted by Gasteiger charge is -2.11. The highest BCUT2D eigenvalue weighted by atomic mass is 19.1. The number of methoxy groups -OCH3 is 1. The molecule has 5 aromatic rings. The van der Waals surface area contributed by atoms with Crippen LogP contribution in [0.1, 0.15) is 31.1 Å². The molecule has 180 valence electrons. The van der Waals surface area contributed by atoms with Gasteiger partial charge in [0.2, 0.25) is 5.78 Å². The molecule has 0 unspecified atom stereocenters. The molecule has 0 aliphatic heterocycles. The Labute approximate surface area is 203 Å². The quantitative estimate of drug-likeness (QED) is 0.274.